The highest BCUT2D eigenvalue weighted by molar-refractivity contribution is 5.32. The van der Waals surface area contributed by atoms with Gasteiger partial charge < -0.3 is 16.9 Å². The molecule has 0 aliphatic rings. The van der Waals surface area contributed by atoms with Gasteiger partial charge in [-0.2, -0.15) is 0 Å². The summed E-state index contributed by atoms with van der Waals surface area (Å²) in [6.45, 7) is 4.35. The van der Waals surface area contributed by atoms with Gasteiger partial charge in [0, 0.05) is 17.7 Å². The van der Waals surface area contributed by atoms with E-state index < -0.39 is 0 Å². The van der Waals surface area contributed by atoms with E-state index in [9.17, 15) is 10.1 Å². The molecule has 0 heterocycles. The number of hydrogen-bond acceptors (Lipinski definition) is 2. The lowest BCUT2D eigenvalue weighted by molar-refractivity contribution is -0.903. The number of non-ortho nitro benzene ring substituents is 1. The minimum absolute atomic E-state index is 0. The second kappa shape index (κ2) is 14.0. The molecule has 1 aromatic rings. The van der Waals surface area contributed by atoms with Gasteiger partial charge in [0.05, 0.1) is 25.6 Å². The van der Waals surface area contributed by atoms with Crippen molar-refractivity contribution < 1.29 is 21.8 Å². The zero-order valence-electron chi connectivity index (χ0n) is 16.9. The first-order valence-electron chi connectivity index (χ1n) is 10.00. The zero-order chi connectivity index (χ0) is 18.5. The molecule has 0 aromatic heterocycles. The SMILES string of the molecule is CCCCCCCCCCCC[N+](C)(C)Cc1ccc([N+](=O)[O-])cc1.[Cl-]. The van der Waals surface area contributed by atoms with Crippen molar-refractivity contribution >= 4 is 5.69 Å². The van der Waals surface area contributed by atoms with Gasteiger partial charge in [0.15, 0.2) is 0 Å². The van der Waals surface area contributed by atoms with Crippen LogP contribution in [-0.2, 0) is 6.54 Å². The normalized spacial score (nSPS) is 11.2. The van der Waals surface area contributed by atoms with Gasteiger partial charge in [0.25, 0.3) is 5.69 Å². The number of unbranched alkanes of at least 4 members (excludes halogenated alkanes) is 9. The fraction of sp³-hybridized carbons (Fsp3) is 0.714. The quantitative estimate of drug-likeness (QED) is 0.214. The maximum Gasteiger partial charge on any atom is 0.269 e. The molecule has 5 heteroatoms. The van der Waals surface area contributed by atoms with E-state index in [2.05, 4.69) is 21.0 Å². The first kappa shape index (κ1) is 24.9. The van der Waals surface area contributed by atoms with Crippen molar-refractivity contribution in [3.05, 3.63) is 39.9 Å². The number of benzene rings is 1. The Morgan fingerprint density at radius 3 is 1.77 bits per heavy atom. The Bertz CT molecular complexity index is 489. The topological polar surface area (TPSA) is 43.1 Å². The maximum absolute atomic E-state index is 10.7. The predicted molar refractivity (Wildman–Crippen MR) is 106 cm³/mol. The van der Waals surface area contributed by atoms with Gasteiger partial charge in [-0.05, 0) is 25.0 Å². The second-order valence-corrected chi connectivity index (χ2v) is 7.92. The molecule has 0 aliphatic carbocycles. The fourth-order valence-corrected chi connectivity index (χ4v) is 3.32. The van der Waals surface area contributed by atoms with Crippen molar-refractivity contribution in [3.63, 3.8) is 0 Å². The van der Waals surface area contributed by atoms with Crippen LogP contribution in [0.15, 0.2) is 24.3 Å². The molecule has 1 rings (SSSR count). The number of nitrogens with zero attached hydrogens (tertiary/aromatic N) is 2. The van der Waals surface area contributed by atoms with Crippen molar-refractivity contribution in [1.82, 2.24) is 0 Å². The summed E-state index contributed by atoms with van der Waals surface area (Å²) < 4.78 is 0.939. The summed E-state index contributed by atoms with van der Waals surface area (Å²) >= 11 is 0. The summed E-state index contributed by atoms with van der Waals surface area (Å²) in [7, 11) is 4.49. The van der Waals surface area contributed by atoms with Crippen molar-refractivity contribution in [1.29, 1.82) is 0 Å². The number of quaternary nitrogens is 1. The minimum Gasteiger partial charge on any atom is -1.00 e. The second-order valence-electron chi connectivity index (χ2n) is 7.92. The highest BCUT2D eigenvalue weighted by atomic mass is 35.5. The Kier molecular flexibility index (Phi) is 13.4. The predicted octanol–water partition coefficient (Wildman–Crippen LogP) is 3.10. The van der Waals surface area contributed by atoms with Crippen molar-refractivity contribution in [2.75, 3.05) is 20.6 Å². The molecule has 0 atom stereocenters. The van der Waals surface area contributed by atoms with Gasteiger partial charge in [0.1, 0.15) is 6.54 Å². The van der Waals surface area contributed by atoms with Gasteiger partial charge in [-0.25, -0.2) is 0 Å². The summed E-state index contributed by atoms with van der Waals surface area (Å²) in [6, 6.07) is 6.99. The van der Waals surface area contributed by atoms with E-state index in [0.29, 0.717) is 0 Å². The van der Waals surface area contributed by atoms with Gasteiger partial charge in [-0.3, -0.25) is 10.1 Å². The van der Waals surface area contributed by atoms with Gasteiger partial charge in [-0.15, -0.1) is 0 Å². The summed E-state index contributed by atoms with van der Waals surface area (Å²) in [5.41, 5.74) is 1.34. The zero-order valence-corrected chi connectivity index (χ0v) is 17.6. The molecule has 4 nitrogen and oxygen atoms in total. The third kappa shape index (κ3) is 11.5. The molecule has 0 saturated carbocycles. The Balaban J connectivity index is 0.00000625. The number of nitro groups is 1. The third-order valence-electron chi connectivity index (χ3n) is 4.87. The van der Waals surface area contributed by atoms with E-state index in [1.54, 1.807) is 12.1 Å². The average Bonchev–Trinajstić information content (AvgIpc) is 2.56. The van der Waals surface area contributed by atoms with E-state index in [1.165, 1.54) is 69.8 Å². The molecule has 0 amide bonds. The Morgan fingerprint density at radius 1 is 0.846 bits per heavy atom. The Morgan fingerprint density at radius 2 is 1.31 bits per heavy atom. The van der Waals surface area contributed by atoms with E-state index in [0.717, 1.165) is 17.6 Å². The van der Waals surface area contributed by atoms with Crippen LogP contribution >= 0.6 is 0 Å². The molecule has 0 saturated heterocycles. The summed E-state index contributed by atoms with van der Waals surface area (Å²) in [5, 5.41) is 10.7. The van der Waals surface area contributed by atoms with Crippen LogP contribution in [0.25, 0.3) is 0 Å². The highest BCUT2D eigenvalue weighted by Gasteiger charge is 2.16. The smallest absolute Gasteiger partial charge is 0.269 e. The summed E-state index contributed by atoms with van der Waals surface area (Å²) in [5.74, 6) is 0. The van der Waals surface area contributed by atoms with E-state index in [1.807, 2.05) is 12.1 Å². The fourth-order valence-electron chi connectivity index (χ4n) is 3.32. The Hall–Kier alpha value is -1.13. The average molecular weight is 385 g/mol. The number of hydrogen-bond donors (Lipinski definition) is 0. The molecule has 0 radical (unpaired) electrons. The molecule has 1 aromatic carbocycles. The lowest BCUT2D eigenvalue weighted by Crippen LogP contribution is -3.00. The molecule has 0 spiro atoms. The molecule has 26 heavy (non-hydrogen) atoms. The van der Waals surface area contributed by atoms with Gasteiger partial charge >= 0.3 is 0 Å². The first-order chi connectivity index (χ1) is 11.9. The molecule has 0 aliphatic heterocycles. The van der Waals surface area contributed by atoms with Crippen LogP contribution in [0.5, 0.6) is 0 Å². The van der Waals surface area contributed by atoms with Crippen molar-refractivity contribution in [3.8, 4) is 0 Å². The van der Waals surface area contributed by atoms with Gasteiger partial charge in [-0.1, -0.05) is 58.3 Å². The molecule has 0 unspecified atom stereocenters. The van der Waals surface area contributed by atoms with Crippen LogP contribution in [-0.4, -0.2) is 30.0 Å². The summed E-state index contributed by atoms with van der Waals surface area (Å²) in [4.78, 5) is 10.4. The van der Waals surface area contributed by atoms with Crippen LogP contribution in [0.3, 0.4) is 0 Å². The Labute approximate surface area is 166 Å². The molecular weight excluding hydrogens is 348 g/mol. The minimum atomic E-state index is -0.340. The van der Waals surface area contributed by atoms with E-state index >= 15 is 0 Å². The summed E-state index contributed by atoms with van der Waals surface area (Å²) in [6.07, 6.45) is 13.6. The third-order valence-corrected chi connectivity index (χ3v) is 4.87. The van der Waals surface area contributed by atoms with Crippen LogP contribution < -0.4 is 12.4 Å². The number of halogens is 1. The van der Waals surface area contributed by atoms with E-state index in [4.69, 9.17) is 0 Å². The lowest BCUT2D eigenvalue weighted by Gasteiger charge is -2.30. The molecule has 150 valence electrons. The number of nitro benzene ring substituents is 1. The molecule has 0 N–H and O–H groups in total. The first-order valence-corrected chi connectivity index (χ1v) is 10.00. The maximum atomic E-state index is 10.7. The molecule has 0 fully saturated rings. The van der Waals surface area contributed by atoms with Gasteiger partial charge in [0.2, 0.25) is 0 Å². The van der Waals surface area contributed by atoms with E-state index in [-0.39, 0.29) is 23.0 Å². The standard InChI is InChI=1S/C21H37N2O2.ClH/c1-4-5-6-7-8-9-10-11-12-13-18-23(2,3)19-20-14-16-21(17-15-20)22(24)25;/h14-17H,4-13,18-19H2,1-3H3;1H/q+1;/p-1. The van der Waals surface area contributed by atoms with Crippen LogP contribution in [0, 0.1) is 10.1 Å². The van der Waals surface area contributed by atoms with Crippen LogP contribution in [0.2, 0.25) is 0 Å². The van der Waals surface area contributed by atoms with Crippen molar-refractivity contribution in [2.45, 2.75) is 77.7 Å². The van der Waals surface area contributed by atoms with Crippen LogP contribution in [0.1, 0.15) is 76.7 Å². The van der Waals surface area contributed by atoms with Crippen molar-refractivity contribution in [2.24, 2.45) is 0 Å². The molecular formula is C21H37ClN2O2. The highest BCUT2D eigenvalue weighted by Crippen LogP contribution is 2.17. The largest absolute Gasteiger partial charge is 1.00 e. The monoisotopic (exact) mass is 384 g/mol. The molecule has 0 bridgehead atoms. The number of rotatable bonds is 14. The van der Waals surface area contributed by atoms with Crippen LogP contribution in [0.4, 0.5) is 5.69 Å². The lowest BCUT2D eigenvalue weighted by atomic mass is 10.1.